The molecule has 20 heavy (non-hydrogen) atoms. The molecule has 104 valence electrons. The third-order valence-corrected chi connectivity index (χ3v) is 3.06. The Labute approximate surface area is 122 Å². The van der Waals surface area contributed by atoms with Gasteiger partial charge in [-0.25, -0.2) is 0 Å². The van der Waals surface area contributed by atoms with E-state index in [9.17, 15) is 0 Å². The van der Waals surface area contributed by atoms with Gasteiger partial charge in [-0.15, -0.1) is 0 Å². The lowest BCUT2D eigenvalue weighted by Crippen LogP contribution is -2.00. The minimum Gasteiger partial charge on any atom is -0.496 e. The number of rotatable bonds is 5. The molecular weight excluding hydrogens is 276 g/mol. The number of halogens is 1. The van der Waals surface area contributed by atoms with Gasteiger partial charge in [-0.1, -0.05) is 23.7 Å². The van der Waals surface area contributed by atoms with E-state index < -0.39 is 0 Å². The van der Waals surface area contributed by atoms with Gasteiger partial charge in [-0.2, -0.15) is 5.10 Å². The van der Waals surface area contributed by atoms with E-state index in [-0.39, 0.29) is 0 Å². The van der Waals surface area contributed by atoms with Gasteiger partial charge in [0.05, 0.1) is 18.3 Å². The molecule has 2 N–H and O–H groups in total. The van der Waals surface area contributed by atoms with E-state index in [1.807, 2.05) is 36.4 Å². The Balaban J connectivity index is 2.19. The summed E-state index contributed by atoms with van der Waals surface area (Å²) in [7, 11) is 1.62. The molecule has 0 radical (unpaired) electrons. The second-order valence-corrected chi connectivity index (χ2v) is 4.48. The number of hydrogen-bond donors (Lipinski definition) is 1. The van der Waals surface area contributed by atoms with Gasteiger partial charge in [-0.3, -0.25) is 0 Å². The highest BCUT2D eigenvalue weighted by molar-refractivity contribution is 6.32. The van der Waals surface area contributed by atoms with Crippen LogP contribution in [0.4, 0.5) is 0 Å². The topological polar surface area (TPSA) is 56.8 Å². The van der Waals surface area contributed by atoms with Crippen LogP contribution in [0.5, 0.6) is 11.5 Å². The largest absolute Gasteiger partial charge is 0.496 e. The molecule has 0 aliphatic carbocycles. The van der Waals surface area contributed by atoms with Gasteiger partial charge < -0.3 is 15.3 Å². The van der Waals surface area contributed by atoms with Crippen LogP contribution in [0.2, 0.25) is 5.02 Å². The van der Waals surface area contributed by atoms with Crippen molar-refractivity contribution < 1.29 is 9.47 Å². The van der Waals surface area contributed by atoms with Crippen molar-refractivity contribution in [2.75, 3.05) is 7.11 Å². The third-order valence-electron chi connectivity index (χ3n) is 2.75. The van der Waals surface area contributed by atoms with Crippen molar-refractivity contribution in [3.05, 3.63) is 58.6 Å². The molecule has 0 spiro atoms. The SMILES string of the molecule is COc1ccc(C=NN)cc1COc1ccccc1Cl. The number of hydrazone groups is 1. The Kier molecular flexibility index (Phi) is 4.85. The van der Waals surface area contributed by atoms with Crippen LogP contribution in [0.1, 0.15) is 11.1 Å². The Bertz CT molecular complexity index is 615. The quantitative estimate of drug-likeness (QED) is 0.522. The number of nitrogens with two attached hydrogens (primary N) is 1. The van der Waals surface area contributed by atoms with Gasteiger partial charge in [0, 0.05) is 5.56 Å². The molecule has 5 heteroatoms. The van der Waals surface area contributed by atoms with Crippen LogP contribution in [0.25, 0.3) is 0 Å². The Morgan fingerprint density at radius 2 is 2.00 bits per heavy atom. The average Bonchev–Trinajstić information content (AvgIpc) is 2.47. The summed E-state index contributed by atoms with van der Waals surface area (Å²) in [6.45, 7) is 0.346. The number of hydrogen-bond acceptors (Lipinski definition) is 4. The first-order valence-corrected chi connectivity index (χ1v) is 6.40. The lowest BCUT2D eigenvalue weighted by molar-refractivity contribution is 0.297. The molecular formula is C15H15ClN2O2. The van der Waals surface area contributed by atoms with E-state index in [0.29, 0.717) is 17.4 Å². The van der Waals surface area contributed by atoms with E-state index in [4.69, 9.17) is 26.9 Å². The maximum absolute atomic E-state index is 6.05. The molecule has 2 aromatic rings. The summed E-state index contributed by atoms with van der Waals surface area (Å²) in [5.41, 5.74) is 1.77. The summed E-state index contributed by atoms with van der Waals surface area (Å²) < 4.78 is 11.0. The lowest BCUT2D eigenvalue weighted by Gasteiger charge is -2.11. The summed E-state index contributed by atoms with van der Waals surface area (Å²) in [5, 5.41) is 4.08. The monoisotopic (exact) mass is 290 g/mol. The summed E-state index contributed by atoms with van der Waals surface area (Å²) in [6.07, 6.45) is 1.57. The maximum Gasteiger partial charge on any atom is 0.138 e. The highest BCUT2D eigenvalue weighted by atomic mass is 35.5. The number of benzene rings is 2. The van der Waals surface area contributed by atoms with Crippen LogP contribution in [-0.2, 0) is 6.61 Å². The molecule has 0 aromatic heterocycles. The van der Waals surface area contributed by atoms with Gasteiger partial charge in [-0.05, 0) is 35.9 Å². The highest BCUT2D eigenvalue weighted by Gasteiger charge is 2.06. The van der Waals surface area contributed by atoms with Gasteiger partial charge in [0.2, 0.25) is 0 Å². The first-order valence-electron chi connectivity index (χ1n) is 6.02. The normalized spacial score (nSPS) is 10.7. The summed E-state index contributed by atoms with van der Waals surface area (Å²) in [5.74, 6) is 6.53. The molecule has 2 rings (SSSR count). The Morgan fingerprint density at radius 3 is 2.70 bits per heavy atom. The predicted octanol–water partition coefficient (Wildman–Crippen LogP) is 3.22. The average molecular weight is 291 g/mol. The molecule has 4 nitrogen and oxygen atoms in total. The minimum atomic E-state index is 0.346. The molecule has 0 atom stereocenters. The Hall–Kier alpha value is -2.20. The van der Waals surface area contributed by atoms with Crippen LogP contribution >= 0.6 is 11.6 Å². The van der Waals surface area contributed by atoms with Crippen LogP contribution in [0, 0.1) is 0 Å². The number of ether oxygens (including phenoxy) is 2. The number of nitrogens with zero attached hydrogens (tertiary/aromatic N) is 1. The van der Waals surface area contributed by atoms with E-state index in [1.165, 1.54) is 0 Å². The van der Waals surface area contributed by atoms with Crippen LogP contribution in [-0.4, -0.2) is 13.3 Å². The van der Waals surface area contributed by atoms with E-state index in [0.717, 1.165) is 16.9 Å². The zero-order chi connectivity index (χ0) is 14.4. The summed E-state index contributed by atoms with van der Waals surface area (Å²) in [6, 6.07) is 13.0. The standard InChI is InChI=1S/C15H15ClN2O2/c1-19-14-7-6-11(9-18-17)8-12(14)10-20-15-5-3-2-4-13(15)16/h2-9H,10,17H2,1H3. The molecule has 0 amide bonds. The van der Waals surface area contributed by atoms with Crippen molar-refractivity contribution in [1.82, 2.24) is 0 Å². The van der Waals surface area contributed by atoms with Crippen molar-refractivity contribution in [1.29, 1.82) is 0 Å². The van der Waals surface area contributed by atoms with Gasteiger partial charge in [0.25, 0.3) is 0 Å². The summed E-state index contributed by atoms with van der Waals surface area (Å²) in [4.78, 5) is 0. The fourth-order valence-corrected chi connectivity index (χ4v) is 1.99. The molecule has 0 unspecified atom stereocenters. The molecule has 0 bridgehead atoms. The smallest absolute Gasteiger partial charge is 0.138 e. The first kappa shape index (κ1) is 14.2. The van der Waals surface area contributed by atoms with Gasteiger partial charge >= 0.3 is 0 Å². The Morgan fingerprint density at radius 1 is 1.20 bits per heavy atom. The second kappa shape index (κ2) is 6.82. The van der Waals surface area contributed by atoms with E-state index in [1.54, 1.807) is 19.4 Å². The van der Waals surface area contributed by atoms with E-state index >= 15 is 0 Å². The molecule has 0 saturated carbocycles. The minimum absolute atomic E-state index is 0.346. The molecule has 0 aliphatic rings. The number of para-hydroxylation sites is 1. The van der Waals surface area contributed by atoms with Crippen LogP contribution < -0.4 is 15.3 Å². The van der Waals surface area contributed by atoms with Crippen LogP contribution in [0.15, 0.2) is 47.6 Å². The lowest BCUT2D eigenvalue weighted by atomic mass is 10.1. The predicted molar refractivity (Wildman–Crippen MR) is 80.6 cm³/mol. The molecule has 0 heterocycles. The van der Waals surface area contributed by atoms with Crippen molar-refractivity contribution in [3.8, 4) is 11.5 Å². The molecule has 0 saturated heterocycles. The van der Waals surface area contributed by atoms with Gasteiger partial charge in [0.15, 0.2) is 0 Å². The fraction of sp³-hybridized carbons (Fsp3) is 0.133. The highest BCUT2D eigenvalue weighted by Crippen LogP contribution is 2.26. The number of methoxy groups -OCH3 is 1. The van der Waals surface area contributed by atoms with Crippen molar-refractivity contribution in [3.63, 3.8) is 0 Å². The fourth-order valence-electron chi connectivity index (χ4n) is 1.79. The molecule has 2 aromatic carbocycles. The zero-order valence-corrected chi connectivity index (χ0v) is 11.8. The van der Waals surface area contributed by atoms with Crippen molar-refractivity contribution >= 4 is 17.8 Å². The summed E-state index contributed by atoms with van der Waals surface area (Å²) >= 11 is 6.05. The van der Waals surface area contributed by atoms with E-state index in [2.05, 4.69) is 5.10 Å². The van der Waals surface area contributed by atoms with Gasteiger partial charge in [0.1, 0.15) is 18.1 Å². The van der Waals surface area contributed by atoms with Crippen molar-refractivity contribution in [2.45, 2.75) is 6.61 Å². The third kappa shape index (κ3) is 3.42. The molecule has 0 aliphatic heterocycles. The second-order valence-electron chi connectivity index (χ2n) is 4.07. The zero-order valence-electron chi connectivity index (χ0n) is 11.0. The van der Waals surface area contributed by atoms with Crippen LogP contribution in [0.3, 0.4) is 0 Å². The molecule has 0 fully saturated rings. The first-order chi connectivity index (χ1) is 9.74. The van der Waals surface area contributed by atoms with Crippen molar-refractivity contribution in [2.24, 2.45) is 10.9 Å². The maximum atomic E-state index is 6.05.